The smallest absolute Gasteiger partial charge is 0.160 e. The third kappa shape index (κ3) is 5.39. The number of hydrogen-bond donors (Lipinski definition) is 0. The maximum absolute atomic E-state index is 5.09. The van der Waals surface area contributed by atoms with Gasteiger partial charge in [-0.1, -0.05) is 140 Å². The third-order valence-electron chi connectivity index (χ3n) is 10.9. The van der Waals surface area contributed by atoms with Crippen LogP contribution in [0.15, 0.2) is 206 Å². The Hall–Kier alpha value is -7.56. The monoisotopic (exact) mass is 714 g/mol. The summed E-state index contributed by atoms with van der Waals surface area (Å²) in [5, 5.41) is 6.17. The number of rotatable bonds is 6. The topological polar surface area (TPSA) is 35.6 Å². The molecular formula is C52H34N4. The van der Waals surface area contributed by atoms with Crippen LogP contribution in [0, 0.1) is 0 Å². The number of nitrogens with zero attached hydrogens (tertiary/aromatic N) is 4. The van der Waals surface area contributed by atoms with Crippen LogP contribution >= 0.6 is 0 Å². The van der Waals surface area contributed by atoms with Crippen molar-refractivity contribution in [3.05, 3.63) is 206 Å². The molecule has 0 aliphatic heterocycles. The van der Waals surface area contributed by atoms with Crippen molar-refractivity contribution in [3.8, 4) is 56.4 Å². The first-order valence-electron chi connectivity index (χ1n) is 19.0. The molecule has 4 heteroatoms. The SMILES string of the molecule is c1ccc(-c2cc(-c3ccccc3)nc(-c3cccc(-c4ccc(-n5c6ccccc6c6ccc7cc8ccn(-c9ccccc9)c8cc7c65)cc4)c3)n2)cc1. The van der Waals surface area contributed by atoms with Crippen LogP contribution in [0.5, 0.6) is 0 Å². The first kappa shape index (κ1) is 31.9. The lowest BCUT2D eigenvalue weighted by Crippen LogP contribution is -1.96. The van der Waals surface area contributed by atoms with E-state index < -0.39 is 0 Å². The van der Waals surface area contributed by atoms with Crippen molar-refractivity contribution in [2.75, 3.05) is 0 Å². The summed E-state index contributed by atoms with van der Waals surface area (Å²) in [6, 6.07) is 71.1. The summed E-state index contributed by atoms with van der Waals surface area (Å²) < 4.78 is 4.72. The fraction of sp³-hybridized carbons (Fsp3) is 0. The van der Waals surface area contributed by atoms with Gasteiger partial charge in [0.05, 0.1) is 27.9 Å². The van der Waals surface area contributed by atoms with Gasteiger partial charge in [0.2, 0.25) is 0 Å². The Balaban J connectivity index is 1.03. The Morgan fingerprint density at radius 3 is 1.71 bits per heavy atom. The average molecular weight is 715 g/mol. The first-order valence-corrected chi connectivity index (χ1v) is 19.0. The van der Waals surface area contributed by atoms with Crippen LogP contribution < -0.4 is 0 Å². The third-order valence-corrected chi connectivity index (χ3v) is 10.9. The largest absolute Gasteiger partial charge is 0.317 e. The summed E-state index contributed by atoms with van der Waals surface area (Å²) in [7, 11) is 0. The van der Waals surface area contributed by atoms with Crippen molar-refractivity contribution in [1.29, 1.82) is 0 Å². The van der Waals surface area contributed by atoms with Crippen molar-refractivity contribution in [2.45, 2.75) is 0 Å². The van der Waals surface area contributed by atoms with Crippen molar-refractivity contribution in [1.82, 2.24) is 19.1 Å². The molecule has 262 valence electrons. The van der Waals surface area contributed by atoms with E-state index in [1.165, 1.54) is 43.5 Å². The summed E-state index contributed by atoms with van der Waals surface area (Å²) in [5.74, 6) is 0.702. The second-order valence-electron chi connectivity index (χ2n) is 14.3. The Morgan fingerprint density at radius 1 is 0.339 bits per heavy atom. The lowest BCUT2D eigenvalue weighted by atomic mass is 10.0. The van der Waals surface area contributed by atoms with E-state index in [0.717, 1.165) is 50.6 Å². The van der Waals surface area contributed by atoms with Crippen LogP contribution in [0.2, 0.25) is 0 Å². The Bertz CT molecular complexity index is 3160. The van der Waals surface area contributed by atoms with E-state index in [1.54, 1.807) is 0 Å². The van der Waals surface area contributed by atoms with Gasteiger partial charge < -0.3 is 9.13 Å². The molecular weight excluding hydrogens is 681 g/mol. The molecule has 0 N–H and O–H groups in total. The average Bonchev–Trinajstić information content (AvgIpc) is 3.85. The molecule has 11 rings (SSSR count). The Morgan fingerprint density at radius 2 is 0.982 bits per heavy atom. The van der Waals surface area contributed by atoms with E-state index in [1.807, 2.05) is 36.4 Å². The molecule has 3 heterocycles. The fourth-order valence-corrected chi connectivity index (χ4v) is 8.23. The molecule has 3 aromatic heterocycles. The molecule has 0 radical (unpaired) electrons. The van der Waals surface area contributed by atoms with Gasteiger partial charge in [0.1, 0.15) is 0 Å². The van der Waals surface area contributed by atoms with Crippen molar-refractivity contribution in [2.24, 2.45) is 0 Å². The Labute approximate surface area is 324 Å². The van der Waals surface area contributed by atoms with Gasteiger partial charge in [-0.3, -0.25) is 0 Å². The highest BCUT2D eigenvalue weighted by Gasteiger charge is 2.17. The molecule has 0 bridgehead atoms. The first-order chi connectivity index (χ1) is 27.7. The minimum atomic E-state index is 0.702. The van der Waals surface area contributed by atoms with Crippen LogP contribution in [0.3, 0.4) is 0 Å². The highest BCUT2D eigenvalue weighted by atomic mass is 15.0. The van der Waals surface area contributed by atoms with Crippen LogP contribution in [0.4, 0.5) is 0 Å². The molecule has 56 heavy (non-hydrogen) atoms. The van der Waals surface area contributed by atoms with E-state index in [-0.39, 0.29) is 0 Å². The van der Waals surface area contributed by atoms with Crippen LogP contribution in [0.1, 0.15) is 0 Å². The molecule has 8 aromatic carbocycles. The standard InChI is InChI=1S/C52H34N4/c1-4-13-36(14-5-1)47-34-48(37-15-6-2-7-16-37)54-52(53-47)41-18-12-17-38(31-41)35-23-26-43(27-24-35)56-49-22-11-10-21-44(49)45-28-25-39-32-40-29-30-55(42-19-8-3-9-20-42)50(40)33-46(39)51(45)56/h1-34H. The summed E-state index contributed by atoms with van der Waals surface area (Å²) >= 11 is 0. The predicted molar refractivity (Wildman–Crippen MR) is 232 cm³/mol. The number of aromatic nitrogens is 4. The fourth-order valence-electron chi connectivity index (χ4n) is 8.23. The highest BCUT2D eigenvalue weighted by molar-refractivity contribution is 6.20. The molecule has 4 nitrogen and oxygen atoms in total. The van der Waals surface area contributed by atoms with Gasteiger partial charge >= 0.3 is 0 Å². The minimum absolute atomic E-state index is 0.702. The second-order valence-corrected chi connectivity index (χ2v) is 14.3. The highest BCUT2D eigenvalue weighted by Crippen LogP contribution is 2.39. The van der Waals surface area contributed by atoms with Crippen molar-refractivity contribution < 1.29 is 0 Å². The van der Waals surface area contributed by atoms with Crippen LogP contribution in [-0.4, -0.2) is 19.1 Å². The van der Waals surface area contributed by atoms with Gasteiger partial charge in [0.15, 0.2) is 5.82 Å². The van der Waals surface area contributed by atoms with Crippen LogP contribution in [0.25, 0.3) is 99.9 Å². The number of hydrogen-bond acceptors (Lipinski definition) is 2. The molecule has 0 saturated carbocycles. The van der Waals surface area contributed by atoms with Gasteiger partial charge in [-0.2, -0.15) is 0 Å². The zero-order chi connectivity index (χ0) is 37.0. The van der Waals surface area contributed by atoms with E-state index >= 15 is 0 Å². The summed E-state index contributed by atoms with van der Waals surface area (Å²) in [6.45, 7) is 0. The molecule has 0 amide bonds. The number of fused-ring (bicyclic) bond motifs is 6. The molecule has 0 unspecified atom stereocenters. The molecule has 0 saturated heterocycles. The zero-order valence-corrected chi connectivity index (χ0v) is 30.4. The summed E-state index contributed by atoms with van der Waals surface area (Å²) in [6.07, 6.45) is 2.17. The lowest BCUT2D eigenvalue weighted by molar-refractivity contribution is 1.13. The summed E-state index contributed by atoms with van der Waals surface area (Å²) in [4.78, 5) is 10.2. The predicted octanol–water partition coefficient (Wildman–Crippen LogP) is 13.3. The quantitative estimate of drug-likeness (QED) is 0.172. The van der Waals surface area contributed by atoms with E-state index in [2.05, 4.69) is 179 Å². The molecule has 0 fully saturated rings. The molecule has 0 atom stereocenters. The molecule has 0 aliphatic rings. The van der Waals surface area contributed by atoms with Gasteiger partial charge in [0, 0.05) is 55.8 Å². The molecule has 11 aromatic rings. The van der Waals surface area contributed by atoms with Crippen LogP contribution in [-0.2, 0) is 0 Å². The molecule has 0 aliphatic carbocycles. The summed E-state index contributed by atoms with van der Waals surface area (Å²) in [5.41, 5.74) is 13.0. The van der Waals surface area contributed by atoms with Gasteiger partial charge in [0.25, 0.3) is 0 Å². The van der Waals surface area contributed by atoms with Gasteiger partial charge in [-0.05, 0) is 77.2 Å². The van der Waals surface area contributed by atoms with Crippen molar-refractivity contribution >= 4 is 43.5 Å². The number of benzene rings is 8. The van der Waals surface area contributed by atoms with Gasteiger partial charge in [-0.25, -0.2) is 9.97 Å². The van der Waals surface area contributed by atoms with Gasteiger partial charge in [-0.15, -0.1) is 0 Å². The Kier molecular flexibility index (Phi) is 7.46. The maximum atomic E-state index is 5.09. The molecule has 0 spiro atoms. The minimum Gasteiger partial charge on any atom is -0.317 e. The second kappa shape index (κ2) is 13.1. The normalized spacial score (nSPS) is 11.6. The van der Waals surface area contributed by atoms with E-state index in [4.69, 9.17) is 9.97 Å². The lowest BCUT2D eigenvalue weighted by Gasteiger charge is -2.13. The van der Waals surface area contributed by atoms with Crippen molar-refractivity contribution in [3.63, 3.8) is 0 Å². The van der Waals surface area contributed by atoms with E-state index in [9.17, 15) is 0 Å². The maximum Gasteiger partial charge on any atom is 0.160 e. The van der Waals surface area contributed by atoms with E-state index in [0.29, 0.717) is 5.82 Å². The number of para-hydroxylation sites is 2. The zero-order valence-electron chi connectivity index (χ0n) is 30.4.